The predicted molar refractivity (Wildman–Crippen MR) is 88.7 cm³/mol. The third kappa shape index (κ3) is 4.75. The molecule has 4 nitrogen and oxygen atoms in total. The molecule has 150 valence electrons. The van der Waals surface area contributed by atoms with Crippen LogP contribution >= 0.6 is 0 Å². The normalized spacial score (nSPS) is 18.9. The molecular formula is C16H16F6N2O2S. The molecule has 1 aliphatic rings. The van der Waals surface area contributed by atoms with Gasteiger partial charge in [-0.25, -0.2) is 13.8 Å². The fourth-order valence-electron chi connectivity index (χ4n) is 2.54. The van der Waals surface area contributed by atoms with Gasteiger partial charge < -0.3 is 5.11 Å². The lowest BCUT2D eigenvalue weighted by atomic mass is 10.00. The third-order valence-corrected chi connectivity index (χ3v) is 5.39. The van der Waals surface area contributed by atoms with Crippen LogP contribution in [0, 0.1) is 13.8 Å². The summed E-state index contributed by atoms with van der Waals surface area (Å²) < 4.78 is 89.1. The van der Waals surface area contributed by atoms with E-state index in [0.29, 0.717) is 16.7 Å². The van der Waals surface area contributed by atoms with Gasteiger partial charge in [0.05, 0.1) is 22.6 Å². The van der Waals surface area contributed by atoms with Gasteiger partial charge in [0.1, 0.15) is 0 Å². The Balaban J connectivity index is 2.26. The van der Waals surface area contributed by atoms with Gasteiger partial charge in [-0.1, -0.05) is 6.07 Å². The van der Waals surface area contributed by atoms with Gasteiger partial charge in [0.15, 0.2) is 0 Å². The van der Waals surface area contributed by atoms with E-state index in [1.54, 1.807) is 19.9 Å². The highest BCUT2D eigenvalue weighted by atomic mass is 32.2. The standard InChI is InChI=1S/C16H16F6N2O2S/c1-8-3-9(2)12(27(26)7-13(17)18)5-10(8)4-11-6-23-14(24-11)15(19,20)16(21,22)25/h3,5-6,11,13,25H,4,7H2,1-2H3. The molecular weight excluding hydrogens is 398 g/mol. The van der Waals surface area contributed by atoms with Crippen LogP contribution in [0.3, 0.4) is 0 Å². The first-order valence-electron chi connectivity index (χ1n) is 7.70. The van der Waals surface area contributed by atoms with Crippen molar-refractivity contribution < 1.29 is 35.7 Å². The van der Waals surface area contributed by atoms with Gasteiger partial charge in [-0.15, -0.1) is 0 Å². The van der Waals surface area contributed by atoms with Crippen LogP contribution in [0.25, 0.3) is 0 Å². The lowest BCUT2D eigenvalue weighted by Gasteiger charge is -2.19. The number of halogens is 6. The Morgan fingerprint density at radius 2 is 1.81 bits per heavy atom. The van der Waals surface area contributed by atoms with E-state index >= 15 is 0 Å². The Kier molecular flexibility index (Phi) is 6.15. The second-order valence-corrected chi connectivity index (χ2v) is 7.53. The molecule has 0 aromatic heterocycles. The molecule has 2 rings (SSSR count). The molecule has 11 heteroatoms. The zero-order chi connectivity index (χ0) is 20.6. The van der Waals surface area contributed by atoms with Crippen LogP contribution in [0.15, 0.2) is 27.0 Å². The summed E-state index contributed by atoms with van der Waals surface area (Å²) in [4.78, 5) is 6.77. The lowest BCUT2D eigenvalue weighted by molar-refractivity contribution is -0.297. The first-order valence-corrected chi connectivity index (χ1v) is 9.02. The highest BCUT2D eigenvalue weighted by Gasteiger charge is 2.60. The maximum atomic E-state index is 13.4. The summed E-state index contributed by atoms with van der Waals surface area (Å²) in [6.07, 6.45) is -7.17. The number of rotatable bonds is 7. The maximum absolute atomic E-state index is 13.4. The maximum Gasteiger partial charge on any atom is 0.424 e. The molecule has 0 bridgehead atoms. The number of amidine groups is 1. The Morgan fingerprint density at radius 3 is 2.37 bits per heavy atom. The number of benzene rings is 1. The van der Waals surface area contributed by atoms with Crippen LogP contribution in [-0.4, -0.2) is 51.6 Å². The van der Waals surface area contributed by atoms with Gasteiger partial charge in [0.25, 0.3) is 0 Å². The SMILES string of the molecule is Cc1cc(C)c(S(=O)CC(F)F)cc1CC1C=NC(C(F)(F)C(O)(F)F)=N1. The predicted octanol–water partition coefficient (Wildman–Crippen LogP) is 3.29. The Labute approximate surface area is 153 Å². The zero-order valence-electron chi connectivity index (χ0n) is 14.2. The Morgan fingerprint density at radius 1 is 1.19 bits per heavy atom. The molecule has 1 N–H and O–H groups in total. The Bertz CT molecular complexity index is 805. The van der Waals surface area contributed by atoms with Crippen molar-refractivity contribution in [2.24, 2.45) is 9.98 Å². The average molecular weight is 414 g/mol. The van der Waals surface area contributed by atoms with Crippen LogP contribution in [-0.2, 0) is 17.2 Å². The highest BCUT2D eigenvalue weighted by Crippen LogP contribution is 2.35. The Hall–Kier alpha value is -1.75. The van der Waals surface area contributed by atoms with Crippen LogP contribution in [0.2, 0.25) is 0 Å². The minimum absolute atomic E-state index is 0.0366. The summed E-state index contributed by atoms with van der Waals surface area (Å²) >= 11 is 0. The van der Waals surface area contributed by atoms with E-state index in [9.17, 15) is 30.6 Å². The second kappa shape index (κ2) is 7.70. The number of aliphatic imine (C=N–C) groups is 2. The van der Waals surface area contributed by atoms with Crippen molar-refractivity contribution >= 4 is 22.8 Å². The van der Waals surface area contributed by atoms with Crippen molar-refractivity contribution in [3.8, 4) is 0 Å². The minimum Gasteiger partial charge on any atom is -0.331 e. The monoisotopic (exact) mass is 414 g/mol. The van der Waals surface area contributed by atoms with Crippen LogP contribution < -0.4 is 0 Å². The van der Waals surface area contributed by atoms with Gasteiger partial charge in [0.2, 0.25) is 12.3 Å². The average Bonchev–Trinajstić information content (AvgIpc) is 2.97. The van der Waals surface area contributed by atoms with Gasteiger partial charge >= 0.3 is 12.0 Å². The largest absolute Gasteiger partial charge is 0.424 e. The molecule has 1 aliphatic heterocycles. The molecule has 0 spiro atoms. The topological polar surface area (TPSA) is 62.0 Å². The van der Waals surface area contributed by atoms with Gasteiger partial charge in [0, 0.05) is 17.5 Å². The third-order valence-electron chi connectivity index (χ3n) is 3.90. The molecule has 1 aromatic carbocycles. The molecule has 0 radical (unpaired) electrons. The van der Waals surface area contributed by atoms with Gasteiger partial charge in [-0.3, -0.25) is 9.20 Å². The van der Waals surface area contributed by atoms with E-state index in [1.807, 2.05) is 0 Å². The first kappa shape index (κ1) is 21.5. The lowest BCUT2D eigenvalue weighted by Crippen LogP contribution is -2.46. The summed E-state index contributed by atoms with van der Waals surface area (Å²) in [5.41, 5.74) is 1.69. The number of hydrogen-bond donors (Lipinski definition) is 1. The first-order chi connectivity index (χ1) is 12.3. The van der Waals surface area contributed by atoms with Crippen molar-refractivity contribution in [3.63, 3.8) is 0 Å². The van der Waals surface area contributed by atoms with Crippen molar-refractivity contribution in [1.82, 2.24) is 0 Å². The zero-order valence-corrected chi connectivity index (χ0v) is 15.0. The smallest absolute Gasteiger partial charge is 0.331 e. The molecule has 2 atom stereocenters. The molecule has 0 amide bonds. The van der Waals surface area contributed by atoms with E-state index < -0.39 is 46.9 Å². The molecule has 27 heavy (non-hydrogen) atoms. The second-order valence-electron chi connectivity index (χ2n) is 6.07. The van der Waals surface area contributed by atoms with E-state index in [-0.39, 0.29) is 11.3 Å². The van der Waals surface area contributed by atoms with E-state index in [0.717, 1.165) is 6.21 Å². The number of aryl methyl sites for hydroxylation is 2. The summed E-state index contributed by atoms with van der Waals surface area (Å²) in [6, 6.07) is 2.02. The molecule has 1 aromatic rings. The van der Waals surface area contributed by atoms with Crippen LogP contribution in [0.4, 0.5) is 26.3 Å². The van der Waals surface area contributed by atoms with Crippen molar-refractivity contribution in [1.29, 1.82) is 0 Å². The van der Waals surface area contributed by atoms with Crippen molar-refractivity contribution in [3.05, 3.63) is 28.8 Å². The fraction of sp³-hybridized carbons (Fsp3) is 0.500. The molecule has 1 heterocycles. The number of nitrogens with zero attached hydrogens (tertiary/aromatic N) is 2. The molecule has 0 saturated heterocycles. The molecule has 0 aliphatic carbocycles. The summed E-state index contributed by atoms with van der Waals surface area (Å²) in [6.45, 7) is 3.28. The summed E-state index contributed by atoms with van der Waals surface area (Å²) in [7, 11) is -1.95. The molecule has 0 saturated carbocycles. The van der Waals surface area contributed by atoms with Crippen molar-refractivity contribution in [2.45, 2.75) is 49.7 Å². The quantitative estimate of drug-likeness (QED) is 0.696. The minimum atomic E-state index is -5.31. The number of aliphatic hydroxyl groups is 1. The molecule has 0 fully saturated rings. The van der Waals surface area contributed by atoms with Crippen LogP contribution in [0.5, 0.6) is 0 Å². The summed E-state index contributed by atoms with van der Waals surface area (Å²) in [5.74, 6) is -7.27. The number of hydrogen-bond acceptors (Lipinski definition) is 4. The molecule has 2 unspecified atom stereocenters. The van der Waals surface area contributed by atoms with E-state index in [1.165, 1.54) is 6.07 Å². The van der Waals surface area contributed by atoms with Gasteiger partial charge in [-0.2, -0.15) is 17.6 Å². The summed E-state index contributed by atoms with van der Waals surface area (Å²) in [5, 5.41) is 8.29. The van der Waals surface area contributed by atoms with Gasteiger partial charge in [-0.05, 0) is 36.6 Å². The fourth-order valence-corrected chi connectivity index (χ4v) is 3.64. The van der Waals surface area contributed by atoms with E-state index in [2.05, 4.69) is 9.98 Å². The van der Waals surface area contributed by atoms with E-state index in [4.69, 9.17) is 5.11 Å². The number of alkyl halides is 6. The highest BCUT2D eigenvalue weighted by molar-refractivity contribution is 7.85. The van der Waals surface area contributed by atoms with Crippen molar-refractivity contribution in [2.75, 3.05) is 5.75 Å². The van der Waals surface area contributed by atoms with Crippen LogP contribution in [0.1, 0.15) is 16.7 Å².